The van der Waals surface area contributed by atoms with E-state index >= 15 is 0 Å². The first-order valence-electron chi connectivity index (χ1n) is 7.68. The van der Waals surface area contributed by atoms with E-state index in [1.807, 2.05) is 6.20 Å². The van der Waals surface area contributed by atoms with Crippen molar-refractivity contribution < 1.29 is 0 Å². The highest BCUT2D eigenvalue weighted by Gasteiger charge is 2.20. The second-order valence-electron chi connectivity index (χ2n) is 5.89. The largest absolute Gasteiger partial charge is 0.315 e. The van der Waals surface area contributed by atoms with Gasteiger partial charge in [0.25, 0.3) is 0 Å². The SMILES string of the molecule is CCCN(Cc1cnn(C(C)C)c1)C1CCCNC1. The summed E-state index contributed by atoms with van der Waals surface area (Å²) in [5, 5.41) is 7.97. The van der Waals surface area contributed by atoms with E-state index in [4.69, 9.17) is 0 Å². The van der Waals surface area contributed by atoms with Gasteiger partial charge in [-0.15, -0.1) is 0 Å². The second-order valence-corrected chi connectivity index (χ2v) is 5.89. The molecule has 0 aromatic carbocycles. The Kier molecular flexibility index (Phi) is 5.40. The van der Waals surface area contributed by atoms with Crippen LogP contribution in [0.15, 0.2) is 12.4 Å². The van der Waals surface area contributed by atoms with Crippen LogP contribution in [0.5, 0.6) is 0 Å². The van der Waals surface area contributed by atoms with Gasteiger partial charge in [-0.3, -0.25) is 9.58 Å². The molecule has 1 aliphatic rings. The predicted molar refractivity (Wildman–Crippen MR) is 79.2 cm³/mol. The molecule has 19 heavy (non-hydrogen) atoms. The van der Waals surface area contributed by atoms with Crippen molar-refractivity contribution in [3.63, 3.8) is 0 Å². The van der Waals surface area contributed by atoms with Crippen molar-refractivity contribution in [2.24, 2.45) is 0 Å². The van der Waals surface area contributed by atoms with Gasteiger partial charge in [-0.05, 0) is 46.2 Å². The van der Waals surface area contributed by atoms with Gasteiger partial charge in [-0.2, -0.15) is 5.10 Å². The normalized spacial score (nSPS) is 20.4. The van der Waals surface area contributed by atoms with E-state index in [-0.39, 0.29) is 0 Å². The Labute approximate surface area is 117 Å². The minimum Gasteiger partial charge on any atom is -0.315 e. The third kappa shape index (κ3) is 4.05. The van der Waals surface area contributed by atoms with E-state index in [9.17, 15) is 0 Å². The Hall–Kier alpha value is -0.870. The fourth-order valence-electron chi connectivity index (χ4n) is 2.80. The second kappa shape index (κ2) is 7.06. The average Bonchev–Trinajstić information content (AvgIpc) is 2.88. The number of rotatable bonds is 6. The fourth-order valence-corrected chi connectivity index (χ4v) is 2.80. The maximum absolute atomic E-state index is 4.45. The highest BCUT2D eigenvalue weighted by Crippen LogP contribution is 2.15. The molecule has 2 rings (SSSR count). The molecule has 0 saturated carbocycles. The summed E-state index contributed by atoms with van der Waals surface area (Å²) in [4.78, 5) is 2.62. The number of aromatic nitrogens is 2. The molecule has 1 aromatic heterocycles. The van der Waals surface area contributed by atoms with Gasteiger partial charge in [0.15, 0.2) is 0 Å². The first kappa shape index (κ1) is 14.5. The fraction of sp³-hybridized carbons (Fsp3) is 0.800. The Balaban J connectivity index is 1.98. The molecule has 0 spiro atoms. The Morgan fingerprint density at radius 1 is 1.53 bits per heavy atom. The van der Waals surface area contributed by atoms with Crippen LogP contribution in [0.4, 0.5) is 0 Å². The van der Waals surface area contributed by atoms with Gasteiger partial charge < -0.3 is 5.32 Å². The van der Waals surface area contributed by atoms with E-state index in [1.165, 1.54) is 37.9 Å². The standard InChI is InChI=1S/C15H28N4/c1-4-8-18(15-6-5-7-16-10-15)11-14-9-17-19(12-14)13(2)3/h9,12-13,15-16H,4-8,10-11H2,1-3H3. The lowest BCUT2D eigenvalue weighted by atomic mass is 10.1. The lowest BCUT2D eigenvalue weighted by molar-refractivity contribution is 0.158. The summed E-state index contributed by atoms with van der Waals surface area (Å²) in [5.74, 6) is 0. The maximum atomic E-state index is 4.45. The third-order valence-electron chi connectivity index (χ3n) is 3.87. The summed E-state index contributed by atoms with van der Waals surface area (Å²) in [7, 11) is 0. The molecule has 4 nitrogen and oxygen atoms in total. The van der Waals surface area contributed by atoms with Crippen LogP contribution in [0.3, 0.4) is 0 Å². The lowest BCUT2D eigenvalue weighted by Gasteiger charge is -2.34. The molecule has 1 aromatic rings. The van der Waals surface area contributed by atoms with Gasteiger partial charge in [0.2, 0.25) is 0 Å². The molecule has 1 unspecified atom stereocenters. The molecule has 0 amide bonds. The van der Waals surface area contributed by atoms with Crippen LogP contribution in [-0.4, -0.2) is 40.4 Å². The van der Waals surface area contributed by atoms with Crippen LogP contribution in [0.2, 0.25) is 0 Å². The quantitative estimate of drug-likeness (QED) is 0.856. The van der Waals surface area contributed by atoms with Crippen molar-refractivity contribution in [1.82, 2.24) is 20.0 Å². The molecular formula is C15H28N4. The van der Waals surface area contributed by atoms with Crippen LogP contribution >= 0.6 is 0 Å². The first-order valence-corrected chi connectivity index (χ1v) is 7.68. The monoisotopic (exact) mass is 264 g/mol. The van der Waals surface area contributed by atoms with Gasteiger partial charge in [0.05, 0.1) is 6.20 Å². The van der Waals surface area contributed by atoms with E-state index in [0.717, 1.165) is 13.1 Å². The average molecular weight is 264 g/mol. The van der Waals surface area contributed by atoms with Crippen molar-refractivity contribution in [1.29, 1.82) is 0 Å². The molecule has 0 aliphatic carbocycles. The highest BCUT2D eigenvalue weighted by atomic mass is 15.3. The van der Waals surface area contributed by atoms with E-state index in [1.54, 1.807) is 0 Å². The minimum atomic E-state index is 0.449. The number of hydrogen-bond acceptors (Lipinski definition) is 3. The maximum Gasteiger partial charge on any atom is 0.0534 e. The number of nitrogens with one attached hydrogen (secondary N) is 1. The van der Waals surface area contributed by atoms with E-state index < -0.39 is 0 Å². The number of nitrogens with zero attached hydrogens (tertiary/aromatic N) is 3. The molecule has 4 heteroatoms. The van der Waals surface area contributed by atoms with Crippen LogP contribution in [0.25, 0.3) is 0 Å². The summed E-state index contributed by atoms with van der Waals surface area (Å²) in [6.07, 6.45) is 8.07. The van der Waals surface area contributed by atoms with Gasteiger partial charge in [-0.25, -0.2) is 0 Å². The summed E-state index contributed by atoms with van der Waals surface area (Å²) in [6, 6.07) is 1.14. The summed E-state index contributed by atoms with van der Waals surface area (Å²) >= 11 is 0. The molecule has 0 radical (unpaired) electrons. The van der Waals surface area contributed by atoms with Crippen molar-refractivity contribution in [3.05, 3.63) is 18.0 Å². The molecular weight excluding hydrogens is 236 g/mol. The predicted octanol–water partition coefficient (Wildman–Crippen LogP) is 2.43. The molecule has 0 bridgehead atoms. The Morgan fingerprint density at radius 3 is 2.95 bits per heavy atom. The van der Waals surface area contributed by atoms with Crippen molar-refractivity contribution in [2.75, 3.05) is 19.6 Å². The molecule has 1 N–H and O–H groups in total. The molecule has 2 heterocycles. The molecule has 1 atom stereocenters. The summed E-state index contributed by atoms with van der Waals surface area (Å²) in [5.41, 5.74) is 1.34. The van der Waals surface area contributed by atoms with Gasteiger partial charge >= 0.3 is 0 Å². The van der Waals surface area contributed by atoms with Crippen LogP contribution in [0, 0.1) is 0 Å². The first-order chi connectivity index (χ1) is 9.20. The van der Waals surface area contributed by atoms with Crippen molar-refractivity contribution in [3.8, 4) is 0 Å². The molecule has 1 aliphatic heterocycles. The molecule has 1 saturated heterocycles. The highest BCUT2D eigenvalue weighted by molar-refractivity contribution is 5.04. The van der Waals surface area contributed by atoms with Crippen molar-refractivity contribution >= 4 is 0 Å². The van der Waals surface area contributed by atoms with Gasteiger partial charge in [0.1, 0.15) is 0 Å². The third-order valence-corrected chi connectivity index (χ3v) is 3.87. The van der Waals surface area contributed by atoms with Crippen LogP contribution in [-0.2, 0) is 6.54 Å². The zero-order valence-corrected chi connectivity index (χ0v) is 12.6. The minimum absolute atomic E-state index is 0.449. The molecule has 108 valence electrons. The lowest BCUT2D eigenvalue weighted by Crippen LogP contribution is -2.45. The van der Waals surface area contributed by atoms with Crippen LogP contribution < -0.4 is 5.32 Å². The zero-order valence-electron chi connectivity index (χ0n) is 12.6. The van der Waals surface area contributed by atoms with Gasteiger partial charge in [-0.1, -0.05) is 6.92 Å². The van der Waals surface area contributed by atoms with Crippen LogP contribution in [0.1, 0.15) is 51.6 Å². The number of piperidine rings is 1. The van der Waals surface area contributed by atoms with Crippen molar-refractivity contribution in [2.45, 2.75) is 58.7 Å². The summed E-state index contributed by atoms with van der Waals surface area (Å²) < 4.78 is 2.05. The topological polar surface area (TPSA) is 33.1 Å². The number of hydrogen-bond donors (Lipinski definition) is 1. The summed E-state index contributed by atoms with van der Waals surface area (Å²) in [6.45, 7) is 11.1. The molecule has 1 fully saturated rings. The zero-order chi connectivity index (χ0) is 13.7. The Bertz CT molecular complexity index is 366. The van der Waals surface area contributed by atoms with Gasteiger partial charge in [0, 0.05) is 36.9 Å². The van der Waals surface area contributed by atoms with E-state index in [2.05, 4.69) is 47.0 Å². The Morgan fingerprint density at radius 2 is 2.37 bits per heavy atom. The smallest absolute Gasteiger partial charge is 0.0534 e. The van der Waals surface area contributed by atoms with E-state index in [0.29, 0.717) is 12.1 Å².